The molecule has 2 heterocycles. The van der Waals surface area contributed by atoms with E-state index in [0.717, 1.165) is 0 Å². The normalized spacial score (nSPS) is 10.6. The van der Waals surface area contributed by atoms with Crippen molar-refractivity contribution in [2.75, 3.05) is 5.73 Å². The zero-order valence-electron chi connectivity index (χ0n) is 11.2. The van der Waals surface area contributed by atoms with Crippen LogP contribution in [0.4, 0.5) is 23.3 Å². The van der Waals surface area contributed by atoms with Gasteiger partial charge in [0.05, 0.1) is 11.5 Å². The Bertz CT molecular complexity index is 779. The lowest BCUT2D eigenvalue weighted by Gasteiger charge is -1.98. The maximum absolute atomic E-state index is 11.0. The Morgan fingerprint density at radius 3 is 2.13 bits per heavy atom. The van der Waals surface area contributed by atoms with E-state index in [0.29, 0.717) is 4.68 Å². The zero-order valence-corrected chi connectivity index (χ0v) is 11.2. The molecule has 23 heavy (non-hydrogen) atoms. The number of nitrogens with two attached hydrogens (primary N) is 1. The molecule has 0 radical (unpaired) electrons. The second-order valence-electron chi connectivity index (χ2n) is 4.10. The van der Waals surface area contributed by atoms with Crippen molar-refractivity contribution in [3.63, 3.8) is 0 Å². The zero-order chi connectivity index (χ0) is 17.1. The van der Waals surface area contributed by atoms with Crippen LogP contribution < -0.4 is 5.73 Å². The summed E-state index contributed by atoms with van der Waals surface area (Å²) in [5.74, 6) is -2.24. The molecular weight excluding hydrogens is 320 g/mol. The van der Waals surface area contributed by atoms with Crippen LogP contribution in [-0.2, 0) is 13.1 Å². The summed E-state index contributed by atoms with van der Waals surface area (Å²) >= 11 is 0. The fourth-order valence-electron chi connectivity index (χ4n) is 1.80. The smallest absolute Gasteiger partial charge is 0.367 e. The van der Waals surface area contributed by atoms with E-state index >= 15 is 0 Å². The van der Waals surface area contributed by atoms with Crippen LogP contribution in [0.15, 0.2) is 0 Å². The number of nitrogens with zero attached hydrogens (tertiary/aromatic N) is 9. The predicted molar refractivity (Wildman–Crippen MR) is 69.0 cm³/mol. The summed E-state index contributed by atoms with van der Waals surface area (Å²) in [6.07, 6.45) is 0.145. The highest BCUT2D eigenvalue weighted by Gasteiger charge is 2.46. The molecule has 0 unspecified atom stereocenters. The second kappa shape index (κ2) is 5.95. The standard InChI is InChI=1S/C7H8N10O6/c8-7-9-11-12-14(7)3-1-2-13-6(17(22)23)4(15(18)19)5(10-13)16(20)21/h1-3H2,(H2,8,9,12). The summed E-state index contributed by atoms with van der Waals surface area (Å²) in [5, 5.41) is 46.2. The number of nitro groups is 3. The fraction of sp³-hybridized carbons (Fsp3) is 0.429. The highest BCUT2D eigenvalue weighted by Crippen LogP contribution is 2.35. The Morgan fingerprint density at radius 2 is 1.65 bits per heavy atom. The highest BCUT2D eigenvalue weighted by molar-refractivity contribution is 5.59. The quantitative estimate of drug-likeness (QED) is 0.493. The summed E-state index contributed by atoms with van der Waals surface area (Å²) in [7, 11) is 0. The minimum absolute atomic E-state index is 0.0110. The first-order valence-corrected chi connectivity index (χ1v) is 5.88. The molecule has 0 fully saturated rings. The van der Waals surface area contributed by atoms with Gasteiger partial charge >= 0.3 is 17.3 Å². The van der Waals surface area contributed by atoms with Crippen LogP contribution in [-0.4, -0.2) is 44.8 Å². The average Bonchev–Trinajstić information content (AvgIpc) is 3.03. The SMILES string of the molecule is Nc1nnnn1CCCn1nc([N+](=O)[O-])c([N+](=O)[O-])c1[N+](=O)[O-]. The maximum Gasteiger partial charge on any atom is 0.498 e. The molecule has 0 aromatic carbocycles. The Kier molecular flexibility index (Phi) is 4.05. The minimum Gasteiger partial charge on any atom is -0.367 e. The number of hydrogen-bond donors (Lipinski definition) is 1. The van der Waals surface area contributed by atoms with Crippen molar-refractivity contribution in [1.29, 1.82) is 0 Å². The molecule has 2 rings (SSSR count). The topological polar surface area (TPSA) is 217 Å². The summed E-state index contributed by atoms with van der Waals surface area (Å²) in [6.45, 7) is -0.0677. The van der Waals surface area contributed by atoms with Crippen molar-refractivity contribution >= 4 is 23.3 Å². The molecule has 16 nitrogen and oxygen atoms in total. The summed E-state index contributed by atoms with van der Waals surface area (Å²) in [5.41, 5.74) is 4.16. The van der Waals surface area contributed by atoms with E-state index in [1.54, 1.807) is 0 Å². The molecule has 0 aliphatic rings. The molecule has 2 aromatic rings. The molecule has 0 aliphatic heterocycles. The van der Waals surface area contributed by atoms with Crippen molar-refractivity contribution in [3.8, 4) is 0 Å². The number of nitrogen functional groups attached to an aromatic ring is 1. The molecule has 2 N–H and O–H groups in total. The second-order valence-corrected chi connectivity index (χ2v) is 4.10. The molecule has 16 heteroatoms. The number of aromatic nitrogens is 6. The summed E-state index contributed by atoms with van der Waals surface area (Å²) in [4.78, 5) is 29.2. The number of hydrogen-bond acceptors (Lipinski definition) is 11. The third-order valence-electron chi connectivity index (χ3n) is 2.71. The van der Waals surface area contributed by atoms with Gasteiger partial charge in [0.25, 0.3) is 0 Å². The largest absolute Gasteiger partial charge is 0.498 e. The van der Waals surface area contributed by atoms with E-state index < -0.39 is 32.1 Å². The van der Waals surface area contributed by atoms with Crippen LogP contribution in [0.5, 0.6) is 0 Å². The van der Waals surface area contributed by atoms with Crippen LogP contribution in [0.3, 0.4) is 0 Å². The Balaban J connectivity index is 2.29. The molecule has 0 aliphatic carbocycles. The summed E-state index contributed by atoms with van der Waals surface area (Å²) in [6, 6.07) is 0. The van der Waals surface area contributed by atoms with Gasteiger partial charge in [0, 0.05) is 6.42 Å². The third kappa shape index (κ3) is 2.99. The number of rotatable bonds is 7. The fourth-order valence-corrected chi connectivity index (χ4v) is 1.80. The van der Waals surface area contributed by atoms with Gasteiger partial charge in [-0.2, -0.15) is 0 Å². The molecular formula is C7H8N10O6. The minimum atomic E-state index is -1.26. The van der Waals surface area contributed by atoms with Gasteiger partial charge < -0.3 is 26.0 Å². The predicted octanol–water partition coefficient (Wildman–Crippen LogP) is -0.733. The van der Waals surface area contributed by atoms with Crippen molar-refractivity contribution in [2.24, 2.45) is 0 Å². The molecule has 0 saturated heterocycles. The molecule has 0 bridgehead atoms. The van der Waals surface area contributed by atoms with Crippen LogP contribution >= 0.6 is 0 Å². The first-order valence-electron chi connectivity index (χ1n) is 5.88. The van der Waals surface area contributed by atoms with E-state index in [2.05, 4.69) is 20.6 Å². The van der Waals surface area contributed by atoms with Gasteiger partial charge in [-0.05, 0) is 25.0 Å². The van der Waals surface area contributed by atoms with Crippen LogP contribution in [0.25, 0.3) is 0 Å². The van der Waals surface area contributed by atoms with Crippen molar-refractivity contribution < 1.29 is 14.8 Å². The average molecular weight is 328 g/mol. The van der Waals surface area contributed by atoms with Gasteiger partial charge in [0.1, 0.15) is 6.54 Å². The van der Waals surface area contributed by atoms with Gasteiger partial charge in [-0.1, -0.05) is 5.10 Å². The number of tetrazole rings is 1. The van der Waals surface area contributed by atoms with Gasteiger partial charge in [-0.15, -0.1) is 0 Å². The molecule has 0 saturated carbocycles. The molecule has 0 atom stereocenters. The van der Waals surface area contributed by atoms with E-state index in [4.69, 9.17) is 5.73 Å². The van der Waals surface area contributed by atoms with Crippen LogP contribution in [0, 0.1) is 30.3 Å². The van der Waals surface area contributed by atoms with Crippen molar-refractivity contribution in [1.82, 2.24) is 30.0 Å². The Labute approximate surface area is 124 Å². The molecule has 2 aromatic heterocycles. The van der Waals surface area contributed by atoms with E-state index in [1.807, 2.05) is 0 Å². The summed E-state index contributed by atoms with van der Waals surface area (Å²) < 4.78 is 1.79. The van der Waals surface area contributed by atoms with Crippen molar-refractivity contribution in [2.45, 2.75) is 19.5 Å². The van der Waals surface area contributed by atoms with Gasteiger partial charge in [0.15, 0.2) is 5.10 Å². The first-order chi connectivity index (χ1) is 10.8. The third-order valence-corrected chi connectivity index (χ3v) is 2.71. The maximum atomic E-state index is 11.0. The van der Waals surface area contributed by atoms with Gasteiger partial charge in [0.2, 0.25) is 5.95 Å². The first kappa shape index (κ1) is 15.7. The number of aryl methyl sites for hydroxylation is 2. The van der Waals surface area contributed by atoms with E-state index in [1.165, 1.54) is 4.68 Å². The van der Waals surface area contributed by atoms with Gasteiger partial charge in [-0.3, -0.25) is 10.1 Å². The number of anilines is 1. The Hall–Kier alpha value is -3.72. The van der Waals surface area contributed by atoms with E-state index in [-0.39, 0.29) is 25.5 Å². The lowest BCUT2D eigenvalue weighted by atomic mass is 10.4. The van der Waals surface area contributed by atoms with Crippen LogP contribution in [0.2, 0.25) is 0 Å². The van der Waals surface area contributed by atoms with Crippen molar-refractivity contribution in [3.05, 3.63) is 30.3 Å². The van der Waals surface area contributed by atoms with Gasteiger partial charge in [-0.25, -0.2) is 4.68 Å². The molecule has 0 amide bonds. The Morgan fingerprint density at radius 1 is 1.00 bits per heavy atom. The lowest BCUT2D eigenvalue weighted by molar-refractivity contribution is -0.441. The monoisotopic (exact) mass is 328 g/mol. The van der Waals surface area contributed by atoms with Crippen LogP contribution in [0.1, 0.15) is 6.42 Å². The highest BCUT2D eigenvalue weighted by atomic mass is 16.7. The lowest BCUT2D eigenvalue weighted by Crippen LogP contribution is -2.11. The molecule has 0 spiro atoms. The molecule has 122 valence electrons. The van der Waals surface area contributed by atoms with E-state index in [9.17, 15) is 30.3 Å².